The maximum atomic E-state index is 10.9. The van der Waals surface area contributed by atoms with Crippen LogP contribution in [0.3, 0.4) is 0 Å². The summed E-state index contributed by atoms with van der Waals surface area (Å²) in [6.45, 7) is 0.517. The van der Waals surface area contributed by atoms with Gasteiger partial charge >= 0.3 is 18.9 Å². The van der Waals surface area contributed by atoms with Crippen LogP contribution in [0.5, 0.6) is 11.5 Å². The summed E-state index contributed by atoms with van der Waals surface area (Å²) < 4.78 is 11.1. The number of aliphatic carboxylic acids is 1. The average Bonchev–Trinajstić information content (AvgIpc) is 2.83. The number of unbranched alkanes of at least 4 members (excludes halogenated alkanes) is 1. The predicted molar refractivity (Wildman–Crippen MR) is 131 cm³/mol. The molecule has 0 atom stereocenters. The van der Waals surface area contributed by atoms with Crippen molar-refractivity contribution < 1.29 is 38.2 Å². The second-order valence-electron chi connectivity index (χ2n) is 7.23. The number of carbonyl (C=O) groups is 1. The van der Waals surface area contributed by atoms with Gasteiger partial charge in [0.1, 0.15) is 17.2 Å². The molecule has 0 spiro atoms. The molecule has 0 saturated carbocycles. The zero-order valence-corrected chi connectivity index (χ0v) is 20.9. The number of benzene rings is 2. The standard InChI is InChI=1S/C26H26ClNO4S.Li/c1-31-22-10-5-19(6-11-22)4-2-3-17-32-25-15-9-21(28-24(25)14-16-26(29)30)18-33-23-12-7-20(27)8-13-23;/h5-16H,2-4,17-18H2,1H3,(H,29,30);/q;+1/p-1/b16-14+;. The predicted octanol–water partition coefficient (Wildman–Crippen LogP) is 2.20. The van der Waals surface area contributed by atoms with Crippen LogP contribution in [0.25, 0.3) is 6.08 Å². The maximum absolute atomic E-state index is 10.9. The van der Waals surface area contributed by atoms with Gasteiger partial charge in [0.25, 0.3) is 0 Å². The number of ether oxygens (including phenoxy) is 2. The molecule has 0 radical (unpaired) electrons. The Labute approximate surface area is 221 Å². The number of aromatic nitrogens is 1. The number of aryl methyl sites for hydroxylation is 1. The van der Waals surface area contributed by atoms with E-state index in [2.05, 4.69) is 17.1 Å². The molecule has 5 nitrogen and oxygen atoms in total. The molecule has 0 N–H and O–H groups in total. The summed E-state index contributed by atoms with van der Waals surface area (Å²) in [5.74, 6) is 0.762. The number of halogens is 1. The molecule has 0 aliphatic carbocycles. The Hall–Kier alpha value is -2.36. The summed E-state index contributed by atoms with van der Waals surface area (Å²) >= 11 is 7.55. The third kappa shape index (κ3) is 9.48. The first-order valence-corrected chi connectivity index (χ1v) is 11.9. The number of carbonyl (C=O) groups excluding carboxylic acids is 1. The minimum atomic E-state index is -1.27. The summed E-state index contributed by atoms with van der Waals surface area (Å²) in [4.78, 5) is 16.5. The Morgan fingerprint density at radius 1 is 1.06 bits per heavy atom. The molecule has 0 fully saturated rings. The van der Waals surface area contributed by atoms with Gasteiger partial charge in [-0.05, 0) is 85.5 Å². The minimum absolute atomic E-state index is 0. The van der Waals surface area contributed by atoms with E-state index in [1.807, 2.05) is 48.5 Å². The average molecular weight is 490 g/mol. The monoisotopic (exact) mass is 489 g/mol. The van der Waals surface area contributed by atoms with Crippen molar-refractivity contribution in [2.24, 2.45) is 0 Å². The number of hydrogen-bond donors (Lipinski definition) is 0. The van der Waals surface area contributed by atoms with E-state index < -0.39 is 5.97 Å². The van der Waals surface area contributed by atoms with Crippen LogP contribution in [0.2, 0.25) is 5.02 Å². The number of carboxylic acid groups (broad SMARTS) is 1. The topological polar surface area (TPSA) is 71.5 Å². The van der Waals surface area contributed by atoms with Crippen molar-refractivity contribution in [3.05, 3.63) is 88.7 Å². The zero-order valence-electron chi connectivity index (χ0n) is 19.3. The van der Waals surface area contributed by atoms with E-state index in [0.717, 1.165) is 41.7 Å². The van der Waals surface area contributed by atoms with Gasteiger partial charge in [-0.2, -0.15) is 0 Å². The van der Waals surface area contributed by atoms with E-state index in [-0.39, 0.29) is 18.9 Å². The molecule has 8 heteroatoms. The van der Waals surface area contributed by atoms with Gasteiger partial charge < -0.3 is 19.4 Å². The van der Waals surface area contributed by atoms with E-state index in [1.165, 1.54) is 11.6 Å². The fourth-order valence-electron chi connectivity index (χ4n) is 3.07. The van der Waals surface area contributed by atoms with Crippen molar-refractivity contribution in [2.75, 3.05) is 13.7 Å². The Balaban J connectivity index is 0.00000408. The van der Waals surface area contributed by atoms with Crippen LogP contribution < -0.4 is 33.4 Å². The van der Waals surface area contributed by atoms with Gasteiger partial charge in [0.05, 0.1) is 25.4 Å². The number of rotatable bonds is 12. The van der Waals surface area contributed by atoms with Crippen LogP contribution in [-0.4, -0.2) is 24.7 Å². The smallest absolute Gasteiger partial charge is 0.545 e. The molecule has 0 bridgehead atoms. The Bertz CT molecular complexity index is 1080. The number of pyridine rings is 1. The molecule has 3 rings (SSSR count). The van der Waals surface area contributed by atoms with Crippen LogP contribution in [0.15, 0.2) is 71.6 Å². The van der Waals surface area contributed by atoms with Gasteiger partial charge in [0, 0.05) is 15.7 Å². The van der Waals surface area contributed by atoms with Crippen LogP contribution in [0.1, 0.15) is 29.8 Å². The van der Waals surface area contributed by atoms with Crippen LogP contribution in [0, 0.1) is 0 Å². The quantitative estimate of drug-likeness (QED) is 0.168. The summed E-state index contributed by atoms with van der Waals surface area (Å²) in [5, 5.41) is 11.6. The molecule has 1 aromatic heterocycles. The first-order valence-electron chi connectivity index (χ1n) is 10.6. The molecule has 3 aromatic rings. The number of methoxy groups -OCH3 is 1. The van der Waals surface area contributed by atoms with Crippen LogP contribution >= 0.6 is 23.4 Å². The van der Waals surface area contributed by atoms with E-state index in [0.29, 0.717) is 28.8 Å². The molecule has 1 heterocycles. The van der Waals surface area contributed by atoms with Gasteiger partial charge in [-0.3, -0.25) is 0 Å². The van der Waals surface area contributed by atoms with Gasteiger partial charge in [-0.15, -0.1) is 11.8 Å². The third-order valence-electron chi connectivity index (χ3n) is 4.80. The fraction of sp³-hybridized carbons (Fsp3) is 0.231. The van der Waals surface area contributed by atoms with Crippen molar-refractivity contribution in [3.63, 3.8) is 0 Å². The van der Waals surface area contributed by atoms with Gasteiger partial charge in [0.15, 0.2) is 0 Å². The molecule has 2 aromatic carbocycles. The van der Waals surface area contributed by atoms with Gasteiger partial charge in [-0.25, -0.2) is 4.98 Å². The number of nitrogens with zero attached hydrogens (tertiary/aromatic N) is 1. The SMILES string of the molecule is COc1ccc(CCCCOc2ccc(CSc3ccc(Cl)cc3)nc2/C=C/C(=O)[O-])cc1.[Li+]. The largest absolute Gasteiger partial charge is 1.00 e. The molecule has 0 aliphatic heterocycles. The van der Waals surface area contributed by atoms with Crippen LogP contribution in [-0.2, 0) is 17.0 Å². The zero-order chi connectivity index (χ0) is 23.5. The summed E-state index contributed by atoms with van der Waals surface area (Å²) in [7, 11) is 1.66. The van der Waals surface area contributed by atoms with Crippen molar-refractivity contribution in [1.29, 1.82) is 0 Å². The van der Waals surface area contributed by atoms with Crippen molar-refractivity contribution in [1.82, 2.24) is 4.98 Å². The minimum Gasteiger partial charge on any atom is -0.545 e. The van der Waals surface area contributed by atoms with E-state index in [1.54, 1.807) is 18.9 Å². The number of carboxylic acids is 1. The molecule has 34 heavy (non-hydrogen) atoms. The molecule has 0 saturated heterocycles. The second kappa shape index (κ2) is 14.8. The second-order valence-corrected chi connectivity index (χ2v) is 8.72. The van der Waals surface area contributed by atoms with E-state index in [9.17, 15) is 9.90 Å². The molecule has 0 unspecified atom stereocenters. The first-order chi connectivity index (χ1) is 16.0. The summed E-state index contributed by atoms with van der Waals surface area (Å²) in [5.41, 5.74) is 2.54. The normalized spacial score (nSPS) is 10.6. The Morgan fingerprint density at radius 2 is 1.79 bits per heavy atom. The van der Waals surface area contributed by atoms with Gasteiger partial charge in [-0.1, -0.05) is 23.7 Å². The number of thioether (sulfide) groups is 1. The fourth-order valence-corrected chi connectivity index (χ4v) is 4.00. The number of hydrogen-bond acceptors (Lipinski definition) is 6. The Morgan fingerprint density at radius 3 is 2.47 bits per heavy atom. The summed E-state index contributed by atoms with van der Waals surface area (Å²) in [6, 6.07) is 19.4. The van der Waals surface area contributed by atoms with E-state index in [4.69, 9.17) is 21.1 Å². The molecule has 0 amide bonds. The molecular weight excluding hydrogens is 465 g/mol. The first kappa shape index (κ1) is 27.9. The maximum Gasteiger partial charge on any atom is 1.00 e. The van der Waals surface area contributed by atoms with Gasteiger partial charge in [0.2, 0.25) is 0 Å². The molecule has 0 aliphatic rings. The van der Waals surface area contributed by atoms with Crippen molar-refractivity contribution in [2.45, 2.75) is 29.9 Å². The van der Waals surface area contributed by atoms with Crippen molar-refractivity contribution >= 4 is 35.4 Å². The molecular formula is C26H25ClLiNO4S. The summed E-state index contributed by atoms with van der Waals surface area (Å²) in [6.07, 6.45) is 5.17. The molecule has 172 valence electrons. The van der Waals surface area contributed by atoms with Crippen LogP contribution in [0.4, 0.5) is 0 Å². The third-order valence-corrected chi connectivity index (χ3v) is 6.10. The van der Waals surface area contributed by atoms with Crippen molar-refractivity contribution in [3.8, 4) is 11.5 Å². The van der Waals surface area contributed by atoms with E-state index >= 15 is 0 Å². The Kier molecular flexibility index (Phi) is 12.1.